The molecule has 0 spiro atoms. The lowest BCUT2D eigenvalue weighted by Crippen LogP contribution is -2.55. The number of hydrogen-bond donors (Lipinski definition) is 0. The summed E-state index contributed by atoms with van der Waals surface area (Å²) in [5, 5.41) is 4.39. The van der Waals surface area contributed by atoms with Crippen molar-refractivity contribution in [2.75, 3.05) is 25.1 Å². The number of amides is 1. The van der Waals surface area contributed by atoms with Gasteiger partial charge in [0.15, 0.2) is 0 Å². The number of piperazine rings is 1. The summed E-state index contributed by atoms with van der Waals surface area (Å²) >= 11 is 0. The molecule has 1 unspecified atom stereocenters. The molecule has 1 fully saturated rings. The number of fused-ring (bicyclic) bond motifs is 1. The SMILES string of the molecule is COc1ccc(N2CCN(Cc3cccc4ccnn34)C(C)C2=O)cc1. The Bertz CT molecular complexity index is 919. The number of carbonyl (C=O) groups is 1. The largest absolute Gasteiger partial charge is 0.497 e. The van der Waals surface area contributed by atoms with E-state index >= 15 is 0 Å². The van der Waals surface area contributed by atoms with Crippen LogP contribution in [0.25, 0.3) is 5.52 Å². The second-order valence-corrected chi connectivity index (χ2v) is 6.52. The van der Waals surface area contributed by atoms with Crippen LogP contribution in [0, 0.1) is 0 Å². The Morgan fingerprint density at radius 2 is 1.92 bits per heavy atom. The van der Waals surface area contributed by atoms with Crippen LogP contribution in [0.1, 0.15) is 12.6 Å². The van der Waals surface area contributed by atoms with Crippen molar-refractivity contribution in [3.63, 3.8) is 0 Å². The van der Waals surface area contributed by atoms with Gasteiger partial charge < -0.3 is 9.64 Å². The first kappa shape index (κ1) is 16.6. The maximum atomic E-state index is 12.9. The molecule has 134 valence electrons. The zero-order valence-corrected chi connectivity index (χ0v) is 15.0. The summed E-state index contributed by atoms with van der Waals surface area (Å²) in [6, 6.07) is 15.6. The van der Waals surface area contributed by atoms with E-state index < -0.39 is 0 Å². The van der Waals surface area contributed by atoms with E-state index in [1.807, 2.05) is 58.8 Å². The Morgan fingerprint density at radius 3 is 2.69 bits per heavy atom. The topological polar surface area (TPSA) is 50.1 Å². The average Bonchev–Trinajstić information content (AvgIpc) is 3.16. The molecule has 1 saturated heterocycles. The molecule has 0 N–H and O–H groups in total. The average molecular weight is 350 g/mol. The van der Waals surface area contributed by atoms with Gasteiger partial charge in [0.05, 0.1) is 24.4 Å². The van der Waals surface area contributed by atoms with Crippen LogP contribution < -0.4 is 9.64 Å². The van der Waals surface area contributed by atoms with Gasteiger partial charge >= 0.3 is 0 Å². The number of ether oxygens (including phenoxy) is 1. The number of rotatable bonds is 4. The van der Waals surface area contributed by atoms with E-state index in [4.69, 9.17) is 4.74 Å². The van der Waals surface area contributed by atoms with E-state index in [1.165, 1.54) is 0 Å². The lowest BCUT2D eigenvalue weighted by Gasteiger charge is -2.39. The van der Waals surface area contributed by atoms with Gasteiger partial charge in [-0.1, -0.05) is 6.07 Å². The van der Waals surface area contributed by atoms with Crippen LogP contribution in [-0.2, 0) is 11.3 Å². The molecule has 1 aliphatic rings. The summed E-state index contributed by atoms with van der Waals surface area (Å²) in [5.74, 6) is 0.911. The van der Waals surface area contributed by atoms with E-state index in [9.17, 15) is 4.79 Å². The van der Waals surface area contributed by atoms with Crippen molar-refractivity contribution in [2.45, 2.75) is 19.5 Å². The van der Waals surface area contributed by atoms with Crippen LogP contribution >= 0.6 is 0 Å². The minimum absolute atomic E-state index is 0.119. The highest BCUT2D eigenvalue weighted by Crippen LogP contribution is 2.24. The zero-order chi connectivity index (χ0) is 18.1. The molecule has 6 nitrogen and oxygen atoms in total. The molecule has 6 heteroatoms. The third-order valence-corrected chi connectivity index (χ3v) is 5.03. The maximum Gasteiger partial charge on any atom is 0.244 e. The molecule has 1 atom stereocenters. The first-order chi connectivity index (χ1) is 12.7. The number of carbonyl (C=O) groups excluding carboxylic acids is 1. The summed E-state index contributed by atoms with van der Waals surface area (Å²) in [5.41, 5.74) is 3.07. The lowest BCUT2D eigenvalue weighted by atomic mass is 10.1. The number of methoxy groups -OCH3 is 1. The molecule has 1 aromatic carbocycles. The molecule has 3 heterocycles. The first-order valence-electron chi connectivity index (χ1n) is 8.78. The standard InChI is InChI=1S/C20H22N4O2/c1-15-20(25)23(16-6-8-19(26-2)9-7-16)13-12-22(15)14-18-5-3-4-17-10-11-21-24(17)18/h3-11,15H,12-14H2,1-2H3. The highest BCUT2D eigenvalue weighted by atomic mass is 16.5. The van der Waals surface area contributed by atoms with E-state index in [2.05, 4.69) is 16.1 Å². The number of aromatic nitrogens is 2. The second-order valence-electron chi connectivity index (χ2n) is 6.52. The molecular formula is C20H22N4O2. The molecule has 1 aliphatic heterocycles. The van der Waals surface area contributed by atoms with Gasteiger partial charge in [-0.05, 0) is 49.4 Å². The van der Waals surface area contributed by atoms with Crippen LogP contribution in [0.15, 0.2) is 54.7 Å². The molecule has 0 aliphatic carbocycles. The minimum atomic E-state index is -0.184. The quantitative estimate of drug-likeness (QED) is 0.726. The fourth-order valence-corrected chi connectivity index (χ4v) is 3.48. The van der Waals surface area contributed by atoms with Crippen molar-refractivity contribution in [3.05, 3.63) is 60.4 Å². The first-order valence-corrected chi connectivity index (χ1v) is 8.78. The predicted octanol–water partition coefficient (Wildman–Crippen LogP) is 2.58. The smallest absolute Gasteiger partial charge is 0.244 e. The van der Waals surface area contributed by atoms with Gasteiger partial charge in [-0.15, -0.1) is 0 Å². The van der Waals surface area contributed by atoms with Crippen molar-refractivity contribution in [1.82, 2.24) is 14.5 Å². The Hall–Kier alpha value is -2.86. The molecule has 1 amide bonds. The summed E-state index contributed by atoms with van der Waals surface area (Å²) in [6.07, 6.45) is 1.80. The summed E-state index contributed by atoms with van der Waals surface area (Å²) in [6.45, 7) is 4.16. The van der Waals surface area contributed by atoms with E-state index in [0.717, 1.165) is 29.2 Å². The summed E-state index contributed by atoms with van der Waals surface area (Å²) < 4.78 is 7.13. The molecule has 0 bridgehead atoms. The number of nitrogens with zero attached hydrogens (tertiary/aromatic N) is 4. The van der Waals surface area contributed by atoms with E-state index in [0.29, 0.717) is 13.1 Å². The highest BCUT2D eigenvalue weighted by Gasteiger charge is 2.32. The van der Waals surface area contributed by atoms with Crippen LogP contribution in [0.3, 0.4) is 0 Å². The molecule has 26 heavy (non-hydrogen) atoms. The van der Waals surface area contributed by atoms with Gasteiger partial charge in [0, 0.05) is 31.5 Å². The van der Waals surface area contributed by atoms with Crippen molar-refractivity contribution in [1.29, 1.82) is 0 Å². The zero-order valence-electron chi connectivity index (χ0n) is 15.0. The lowest BCUT2D eigenvalue weighted by molar-refractivity contribution is -0.125. The third-order valence-electron chi connectivity index (χ3n) is 5.03. The number of pyridine rings is 1. The third kappa shape index (κ3) is 2.93. The Kier molecular flexibility index (Phi) is 4.34. The van der Waals surface area contributed by atoms with E-state index in [1.54, 1.807) is 13.3 Å². The summed E-state index contributed by atoms with van der Waals surface area (Å²) in [7, 11) is 1.64. The molecule has 0 radical (unpaired) electrons. The monoisotopic (exact) mass is 350 g/mol. The fourth-order valence-electron chi connectivity index (χ4n) is 3.48. The van der Waals surface area contributed by atoms with Gasteiger partial charge in [0.25, 0.3) is 0 Å². The second kappa shape index (κ2) is 6.80. The fraction of sp³-hybridized carbons (Fsp3) is 0.300. The van der Waals surface area contributed by atoms with Crippen molar-refractivity contribution in [2.24, 2.45) is 0 Å². The van der Waals surface area contributed by atoms with Crippen molar-refractivity contribution < 1.29 is 9.53 Å². The minimum Gasteiger partial charge on any atom is -0.497 e. The predicted molar refractivity (Wildman–Crippen MR) is 100 cm³/mol. The number of anilines is 1. The Balaban J connectivity index is 1.51. The van der Waals surface area contributed by atoms with Crippen molar-refractivity contribution >= 4 is 17.1 Å². The molecule has 0 saturated carbocycles. The normalized spacial score (nSPS) is 18.5. The number of benzene rings is 1. The molecule has 2 aromatic heterocycles. The highest BCUT2D eigenvalue weighted by molar-refractivity contribution is 5.97. The van der Waals surface area contributed by atoms with Crippen LogP contribution in [0.5, 0.6) is 5.75 Å². The van der Waals surface area contributed by atoms with Crippen molar-refractivity contribution in [3.8, 4) is 5.75 Å². The van der Waals surface area contributed by atoms with Gasteiger partial charge in [-0.25, -0.2) is 4.52 Å². The summed E-state index contributed by atoms with van der Waals surface area (Å²) in [4.78, 5) is 17.0. The Morgan fingerprint density at radius 1 is 1.12 bits per heavy atom. The number of hydrogen-bond acceptors (Lipinski definition) is 4. The molecule has 3 aromatic rings. The van der Waals surface area contributed by atoms with Gasteiger partial charge in [0.2, 0.25) is 5.91 Å². The Labute approximate surface area is 152 Å². The van der Waals surface area contributed by atoms with Crippen LogP contribution in [0.4, 0.5) is 5.69 Å². The van der Waals surface area contributed by atoms with E-state index in [-0.39, 0.29) is 11.9 Å². The van der Waals surface area contributed by atoms with Gasteiger partial charge in [-0.2, -0.15) is 5.10 Å². The van der Waals surface area contributed by atoms with Gasteiger partial charge in [-0.3, -0.25) is 9.69 Å². The van der Waals surface area contributed by atoms with Crippen LogP contribution in [0.2, 0.25) is 0 Å². The van der Waals surface area contributed by atoms with Gasteiger partial charge in [0.1, 0.15) is 5.75 Å². The molecule has 4 rings (SSSR count). The van der Waals surface area contributed by atoms with Crippen LogP contribution in [-0.4, -0.2) is 46.7 Å². The molecular weight excluding hydrogens is 328 g/mol. The maximum absolute atomic E-state index is 12.9.